The fourth-order valence-electron chi connectivity index (χ4n) is 1.76. The molecule has 0 atom stereocenters. The minimum Gasteiger partial charge on any atom is -0.396 e. The summed E-state index contributed by atoms with van der Waals surface area (Å²) in [5.74, 6) is 0. The molecule has 0 amide bonds. The second kappa shape index (κ2) is 5.26. The van der Waals surface area contributed by atoms with Crippen LogP contribution in [0.25, 0.3) is 0 Å². The van der Waals surface area contributed by atoms with Crippen LogP contribution < -0.4 is 0 Å². The molecule has 3 heteroatoms. The van der Waals surface area contributed by atoms with Gasteiger partial charge in [-0.1, -0.05) is 24.3 Å². The fourth-order valence-corrected chi connectivity index (χ4v) is 1.76. The molecule has 82 valence electrons. The highest BCUT2D eigenvalue weighted by Crippen LogP contribution is 2.13. The Morgan fingerprint density at radius 3 is 2.67 bits per heavy atom. The minimum absolute atomic E-state index is 0.0885. The quantitative estimate of drug-likeness (QED) is 0.806. The van der Waals surface area contributed by atoms with Gasteiger partial charge in [0.25, 0.3) is 0 Å². The highest BCUT2D eigenvalue weighted by molar-refractivity contribution is 5.24. The molecule has 0 aromatic heterocycles. The first-order valence-electron chi connectivity index (χ1n) is 5.30. The van der Waals surface area contributed by atoms with Gasteiger partial charge in [0, 0.05) is 13.0 Å². The Morgan fingerprint density at radius 2 is 1.93 bits per heavy atom. The van der Waals surface area contributed by atoms with E-state index in [0.717, 1.165) is 12.0 Å². The summed E-state index contributed by atoms with van der Waals surface area (Å²) in [5, 5.41) is 8.85. The summed E-state index contributed by atoms with van der Waals surface area (Å²) in [6, 6.07) is 8.19. The van der Waals surface area contributed by atoms with Gasteiger partial charge in [-0.2, -0.15) is 0 Å². The normalized spacial score (nSPS) is 17.1. The third-order valence-electron chi connectivity index (χ3n) is 2.49. The molecule has 1 aliphatic heterocycles. The minimum atomic E-state index is -0.0885. The number of rotatable bonds is 4. The summed E-state index contributed by atoms with van der Waals surface area (Å²) >= 11 is 0. The van der Waals surface area contributed by atoms with E-state index in [4.69, 9.17) is 14.6 Å². The molecule has 1 saturated heterocycles. The predicted octanol–water partition coefficient (Wildman–Crippen LogP) is 1.14. The van der Waals surface area contributed by atoms with Crippen LogP contribution in [0.15, 0.2) is 24.3 Å². The number of aliphatic hydroxyl groups excluding tert-OH is 1. The summed E-state index contributed by atoms with van der Waals surface area (Å²) in [4.78, 5) is 0. The lowest BCUT2D eigenvalue weighted by Gasteiger charge is -2.09. The molecule has 1 aromatic carbocycles. The molecule has 15 heavy (non-hydrogen) atoms. The first-order valence-corrected chi connectivity index (χ1v) is 5.30. The maximum absolute atomic E-state index is 8.85. The third-order valence-corrected chi connectivity index (χ3v) is 2.49. The summed E-state index contributed by atoms with van der Waals surface area (Å²) in [7, 11) is 0. The van der Waals surface area contributed by atoms with Crippen molar-refractivity contribution in [2.75, 3.05) is 19.8 Å². The van der Waals surface area contributed by atoms with Crippen molar-refractivity contribution in [2.45, 2.75) is 19.1 Å². The molecular formula is C12H16O3. The van der Waals surface area contributed by atoms with Crippen molar-refractivity contribution in [3.63, 3.8) is 0 Å². The molecule has 1 heterocycles. The zero-order valence-corrected chi connectivity index (χ0v) is 8.69. The lowest BCUT2D eigenvalue weighted by molar-refractivity contribution is -0.0400. The lowest BCUT2D eigenvalue weighted by Crippen LogP contribution is -2.11. The van der Waals surface area contributed by atoms with Gasteiger partial charge in [0.1, 0.15) is 0 Å². The van der Waals surface area contributed by atoms with Crippen molar-refractivity contribution >= 4 is 0 Å². The van der Waals surface area contributed by atoms with Gasteiger partial charge in [-0.15, -0.1) is 0 Å². The zero-order chi connectivity index (χ0) is 10.5. The first kappa shape index (κ1) is 10.6. The van der Waals surface area contributed by atoms with Crippen molar-refractivity contribution in [3.8, 4) is 0 Å². The molecule has 1 N–H and O–H groups in total. The smallest absolute Gasteiger partial charge is 0.161 e. The highest BCUT2D eigenvalue weighted by atomic mass is 16.7. The van der Waals surface area contributed by atoms with Crippen molar-refractivity contribution < 1.29 is 14.6 Å². The van der Waals surface area contributed by atoms with Crippen molar-refractivity contribution in [2.24, 2.45) is 0 Å². The zero-order valence-electron chi connectivity index (χ0n) is 8.69. The van der Waals surface area contributed by atoms with Gasteiger partial charge in [-0.25, -0.2) is 0 Å². The van der Waals surface area contributed by atoms with Crippen LogP contribution >= 0.6 is 0 Å². The van der Waals surface area contributed by atoms with Crippen LogP contribution in [0.1, 0.15) is 11.1 Å². The third kappa shape index (κ3) is 3.02. The van der Waals surface area contributed by atoms with E-state index >= 15 is 0 Å². The molecule has 0 radical (unpaired) electrons. The lowest BCUT2D eigenvalue weighted by atomic mass is 10.1. The summed E-state index contributed by atoms with van der Waals surface area (Å²) < 4.78 is 10.8. The molecule has 1 aliphatic rings. The standard InChI is InChI=1S/C12H16O3/c13-5-4-10-2-1-3-11(8-10)9-12-14-6-7-15-12/h1-3,8,12-13H,4-7,9H2. The van der Waals surface area contributed by atoms with Crippen LogP contribution in [0, 0.1) is 0 Å². The summed E-state index contributed by atoms with van der Waals surface area (Å²) in [5.41, 5.74) is 2.36. The summed E-state index contributed by atoms with van der Waals surface area (Å²) in [6.45, 7) is 1.59. The summed E-state index contributed by atoms with van der Waals surface area (Å²) in [6.07, 6.45) is 1.41. The SMILES string of the molecule is OCCc1cccc(CC2OCCO2)c1. The second-order valence-corrected chi connectivity index (χ2v) is 3.67. The topological polar surface area (TPSA) is 38.7 Å². The molecule has 1 aromatic rings. The average molecular weight is 208 g/mol. The Labute approximate surface area is 89.6 Å². The van der Waals surface area contributed by atoms with E-state index in [1.165, 1.54) is 5.56 Å². The second-order valence-electron chi connectivity index (χ2n) is 3.67. The van der Waals surface area contributed by atoms with Gasteiger partial charge in [0.15, 0.2) is 6.29 Å². The molecule has 0 bridgehead atoms. The van der Waals surface area contributed by atoms with Crippen molar-refractivity contribution in [3.05, 3.63) is 35.4 Å². The Kier molecular flexibility index (Phi) is 3.72. The van der Waals surface area contributed by atoms with Crippen LogP contribution in [-0.4, -0.2) is 31.2 Å². The Morgan fingerprint density at radius 1 is 1.20 bits per heavy atom. The molecule has 3 nitrogen and oxygen atoms in total. The van der Waals surface area contributed by atoms with E-state index in [1.807, 2.05) is 12.1 Å². The molecule has 2 rings (SSSR count). The average Bonchev–Trinajstić information content (AvgIpc) is 2.71. The van der Waals surface area contributed by atoms with Crippen LogP contribution in [0.2, 0.25) is 0 Å². The van der Waals surface area contributed by atoms with E-state index in [1.54, 1.807) is 0 Å². The number of aliphatic hydroxyl groups is 1. The largest absolute Gasteiger partial charge is 0.396 e. The Balaban J connectivity index is 1.97. The van der Waals surface area contributed by atoms with Crippen LogP contribution in [0.4, 0.5) is 0 Å². The number of hydrogen-bond donors (Lipinski definition) is 1. The van der Waals surface area contributed by atoms with Gasteiger partial charge in [0.2, 0.25) is 0 Å². The van der Waals surface area contributed by atoms with Gasteiger partial charge in [0.05, 0.1) is 13.2 Å². The first-order chi connectivity index (χ1) is 7.38. The van der Waals surface area contributed by atoms with E-state index < -0.39 is 0 Å². The van der Waals surface area contributed by atoms with Gasteiger partial charge in [-0.3, -0.25) is 0 Å². The molecule has 0 aliphatic carbocycles. The maximum atomic E-state index is 8.85. The van der Waals surface area contributed by atoms with Gasteiger partial charge >= 0.3 is 0 Å². The predicted molar refractivity (Wildman–Crippen MR) is 56.6 cm³/mol. The number of hydrogen-bond acceptors (Lipinski definition) is 3. The van der Waals surface area contributed by atoms with Gasteiger partial charge < -0.3 is 14.6 Å². The number of ether oxygens (including phenoxy) is 2. The van der Waals surface area contributed by atoms with Crippen LogP contribution in [0.5, 0.6) is 0 Å². The van der Waals surface area contributed by atoms with Crippen LogP contribution in [0.3, 0.4) is 0 Å². The van der Waals surface area contributed by atoms with Crippen molar-refractivity contribution in [1.82, 2.24) is 0 Å². The van der Waals surface area contributed by atoms with E-state index in [9.17, 15) is 0 Å². The molecule has 0 spiro atoms. The number of benzene rings is 1. The van der Waals surface area contributed by atoms with Gasteiger partial charge in [-0.05, 0) is 17.5 Å². The molecule has 0 saturated carbocycles. The van der Waals surface area contributed by atoms with Crippen molar-refractivity contribution in [1.29, 1.82) is 0 Å². The fraction of sp³-hybridized carbons (Fsp3) is 0.500. The highest BCUT2D eigenvalue weighted by Gasteiger charge is 2.16. The maximum Gasteiger partial charge on any atom is 0.161 e. The van der Waals surface area contributed by atoms with E-state index in [-0.39, 0.29) is 12.9 Å². The Hall–Kier alpha value is -0.900. The van der Waals surface area contributed by atoms with Crippen LogP contribution in [-0.2, 0) is 22.3 Å². The molecule has 1 fully saturated rings. The van der Waals surface area contributed by atoms with E-state index in [2.05, 4.69) is 12.1 Å². The van der Waals surface area contributed by atoms with E-state index in [0.29, 0.717) is 19.6 Å². The molecular weight excluding hydrogens is 192 g/mol. The Bertz CT molecular complexity index is 305. The monoisotopic (exact) mass is 208 g/mol. The molecule has 0 unspecified atom stereocenters.